The Balaban J connectivity index is 1.24. The maximum Gasteiger partial charge on any atom is 0.267 e. The quantitative estimate of drug-likeness (QED) is 0.684. The third kappa shape index (κ3) is 4.48. The maximum atomic E-state index is 12.8. The molecule has 1 aromatic carbocycles. The first-order chi connectivity index (χ1) is 14.5. The lowest BCUT2D eigenvalue weighted by molar-refractivity contribution is -0.146. The van der Waals surface area contributed by atoms with E-state index in [-0.39, 0.29) is 37.0 Å². The lowest BCUT2D eigenvalue weighted by Gasteiger charge is -2.37. The van der Waals surface area contributed by atoms with Gasteiger partial charge < -0.3 is 19.3 Å². The zero-order valence-corrected chi connectivity index (χ0v) is 17.7. The van der Waals surface area contributed by atoms with Crippen LogP contribution in [-0.2, 0) is 9.59 Å². The van der Waals surface area contributed by atoms with Crippen LogP contribution in [-0.4, -0.2) is 66.3 Å². The standard InChI is InChI=1S/C22H24N2O5S/c1-15-6-8-20(30-15)16(25)7-9-21(26)23-10-12-24(13-11-23)22(27)19-14-28-17-4-2-3-5-18(17)29-19/h2-6,8,19H,7,9-14H2,1H3/t19-/m0/s1. The van der Waals surface area contributed by atoms with E-state index < -0.39 is 6.10 Å². The van der Waals surface area contributed by atoms with Crippen LogP contribution in [0.25, 0.3) is 0 Å². The lowest BCUT2D eigenvalue weighted by Crippen LogP contribution is -2.55. The van der Waals surface area contributed by atoms with E-state index in [0.29, 0.717) is 42.6 Å². The minimum atomic E-state index is -0.672. The normalized spacial score (nSPS) is 18.2. The van der Waals surface area contributed by atoms with Crippen molar-refractivity contribution in [3.8, 4) is 11.5 Å². The fourth-order valence-electron chi connectivity index (χ4n) is 3.61. The first-order valence-electron chi connectivity index (χ1n) is 10.1. The van der Waals surface area contributed by atoms with Crippen molar-refractivity contribution in [2.75, 3.05) is 32.8 Å². The molecular weight excluding hydrogens is 404 g/mol. The minimum Gasteiger partial charge on any atom is -0.485 e. The van der Waals surface area contributed by atoms with Gasteiger partial charge in [0.15, 0.2) is 17.3 Å². The Morgan fingerprint density at radius 3 is 2.37 bits per heavy atom. The van der Waals surface area contributed by atoms with Gasteiger partial charge in [-0.15, -0.1) is 11.3 Å². The molecule has 0 spiro atoms. The van der Waals surface area contributed by atoms with Crippen molar-refractivity contribution >= 4 is 28.9 Å². The summed E-state index contributed by atoms with van der Waals surface area (Å²) in [6, 6.07) is 11.0. The second kappa shape index (κ2) is 8.87. The Kier molecular flexibility index (Phi) is 6.03. The zero-order chi connectivity index (χ0) is 21.1. The zero-order valence-electron chi connectivity index (χ0n) is 16.8. The highest BCUT2D eigenvalue weighted by molar-refractivity contribution is 7.14. The number of piperazine rings is 1. The van der Waals surface area contributed by atoms with Crippen molar-refractivity contribution in [1.29, 1.82) is 0 Å². The average Bonchev–Trinajstić information content (AvgIpc) is 3.23. The molecule has 0 unspecified atom stereocenters. The predicted molar refractivity (Wildman–Crippen MR) is 112 cm³/mol. The smallest absolute Gasteiger partial charge is 0.267 e. The number of ketones is 1. The van der Waals surface area contributed by atoms with Gasteiger partial charge in [-0.05, 0) is 31.2 Å². The average molecular weight is 429 g/mol. The Hall–Kier alpha value is -2.87. The van der Waals surface area contributed by atoms with E-state index >= 15 is 0 Å². The Labute approximate surface area is 179 Å². The summed E-state index contributed by atoms with van der Waals surface area (Å²) < 4.78 is 11.4. The van der Waals surface area contributed by atoms with Crippen molar-refractivity contribution in [1.82, 2.24) is 9.80 Å². The number of thiophene rings is 1. The summed E-state index contributed by atoms with van der Waals surface area (Å²) in [5, 5.41) is 0. The molecule has 2 aliphatic heterocycles. The first kappa shape index (κ1) is 20.4. The number of benzene rings is 1. The fraction of sp³-hybridized carbons (Fsp3) is 0.409. The van der Waals surface area contributed by atoms with Crippen LogP contribution in [0.15, 0.2) is 36.4 Å². The Morgan fingerprint density at radius 1 is 0.967 bits per heavy atom. The molecule has 2 amide bonds. The van der Waals surface area contributed by atoms with Crippen molar-refractivity contribution in [2.45, 2.75) is 25.9 Å². The van der Waals surface area contributed by atoms with Gasteiger partial charge in [0.25, 0.3) is 5.91 Å². The van der Waals surface area contributed by atoms with Crippen LogP contribution in [0.2, 0.25) is 0 Å². The van der Waals surface area contributed by atoms with E-state index in [1.165, 1.54) is 11.3 Å². The van der Waals surface area contributed by atoms with Crippen molar-refractivity contribution < 1.29 is 23.9 Å². The lowest BCUT2D eigenvalue weighted by atomic mass is 10.1. The second-order valence-electron chi connectivity index (χ2n) is 7.40. The van der Waals surface area contributed by atoms with Crippen LogP contribution in [0.1, 0.15) is 27.4 Å². The number of carbonyl (C=O) groups excluding carboxylic acids is 3. The number of fused-ring (bicyclic) bond motifs is 1. The molecule has 0 radical (unpaired) electrons. The van der Waals surface area contributed by atoms with Crippen molar-refractivity contribution in [3.63, 3.8) is 0 Å². The molecule has 0 saturated carbocycles. The second-order valence-corrected chi connectivity index (χ2v) is 8.69. The minimum absolute atomic E-state index is 0.00462. The highest BCUT2D eigenvalue weighted by Gasteiger charge is 2.33. The van der Waals surface area contributed by atoms with E-state index in [9.17, 15) is 14.4 Å². The molecule has 4 rings (SSSR count). The Morgan fingerprint density at radius 2 is 1.67 bits per heavy atom. The molecule has 2 aromatic rings. The fourth-order valence-corrected chi connectivity index (χ4v) is 4.44. The first-order valence-corrected chi connectivity index (χ1v) is 10.9. The van der Waals surface area contributed by atoms with E-state index in [4.69, 9.17) is 9.47 Å². The van der Waals surface area contributed by atoms with Crippen LogP contribution in [0.3, 0.4) is 0 Å². The Bertz CT molecular complexity index is 949. The number of ether oxygens (including phenoxy) is 2. The number of rotatable bonds is 5. The van der Waals surface area contributed by atoms with Crippen molar-refractivity contribution in [2.24, 2.45) is 0 Å². The van der Waals surface area contributed by atoms with Gasteiger partial charge in [0.05, 0.1) is 4.88 Å². The molecule has 0 N–H and O–H groups in total. The molecule has 0 aliphatic carbocycles. The van der Waals surface area contributed by atoms with Gasteiger partial charge in [-0.2, -0.15) is 0 Å². The number of nitrogens with zero attached hydrogens (tertiary/aromatic N) is 2. The number of Topliss-reactive ketones (excluding diaryl/α,β-unsaturated/α-hetero) is 1. The van der Waals surface area contributed by atoms with Gasteiger partial charge in [0.1, 0.15) is 6.61 Å². The summed E-state index contributed by atoms with van der Waals surface area (Å²) in [6.45, 7) is 3.95. The number of aryl methyl sites for hydroxylation is 1. The largest absolute Gasteiger partial charge is 0.485 e. The summed E-state index contributed by atoms with van der Waals surface area (Å²) in [6.07, 6.45) is -0.265. The molecule has 158 valence electrons. The third-order valence-corrected chi connectivity index (χ3v) is 6.35. The molecular formula is C22H24N2O5S. The number of carbonyl (C=O) groups is 3. The highest BCUT2D eigenvalue weighted by Crippen LogP contribution is 2.31. The molecule has 1 aromatic heterocycles. The van der Waals surface area contributed by atoms with Gasteiger partial charge >= 0.3 is 0 Å². The molecule has 2 aliphatic rings. The summed E-state index contributed by atoms with van der Waals surface area (Å²) in [5.41, 5.74) is 0. The van der Waals surface area contributed by atoms with Crippen LogP contribution in [0.4, 0.5) is 0 Å². The number of hydrogen-bond acceptors (Lipinski definition) is 6. The van der Waals surface area contributed by atoms with Crippen LogP contribution < -0.4 is 9.47 Å². The molecule has 3 heterocycles. The number of amides is 2. The molecule has 7 nitrogen and oxygen atoms in total. The number of para-hydroxylation sites is 2. The summed E-state index contributed by atoms with van der Waals surface area (Å²) >= 11 is 1.46. The van der Waals surface area contributed by atoms with Gasteiger partial charge in [-0.3, -0.25) is 14.4 Å². The SMILES string of the molecule is Cc1ccc(C(=O)CCC(=O)N2CCN(C(=O)[C@@H]3COc4ccccc4O3)CC2)s1. The maximum absolute atomic E-state index is 12.8. The van der Waals surface area contributed by atoms with Crippen molar-refractivity contribution in [3.05, 3.63) is 46.2 Å². The van der Waals surface area contributed by atoms with E-state index in [2.05, 4.69) is 0 Å². The summed E-state index contributed by atoms with van der Waals surface area (Å²) in [4.78, 5) is 42.7. The van der Waals surface area contributed by atoms with Crippen LogP contribution in [0, 0.1) is 6.92 Å². The highest BCUT2D eigenvalue weighted by atomic mass is 32.1. The van der Waals surface area contributed by atoms with Gasteiger partial charge in [-0.1, -0.05) is 12.1 Å². The van der Waals surface area contributed by atoms with Crippen LogP contribution >= 0.6 is 11.3 Å². The van der Waals surface area contributed by atoms with E-state index in [1.54, 1.807) is 15.9 Å². The molecule has 8 heteroatoms. The summed E-state index contributed by atoms with van der Waals surface area (Å²) in [5.74, 6) is 1.05. The van der Waals surface area contributed by atoms with E-state index in [0.717, 1.165) is 4.88 Å². The molecule has 1 fully saturated rings. The molecule has 30 heavy (non-hydrogen) atoms. The van der Waals surface area contributed by atoms with Gasteiger partial charge in [0.2, 0.25) is 12.0 Å². The van der Waals surface area contributed by atoms with Crippen LogP contribution in [0.5, 0.6) is 11.5 Å². The third-order valence-electron chi connectivity index (χ3n) is 5.31. The monoisotopic (exact) mass is 428 g/mol. The molecule has 0 bridgehead atoms. The summed E-state index contributed by atoms with van der Waals surface area (Å²) in [7, 11) is 0. The molecule has 1 atom stereocenters. The van der Waals surface area contributed by atoms with E-state index in [1.807, 2.05) is 37.3 Å². The molecule has 1 saturated heterocycles. The topological polar surface area (TPSA) is 76.2 Å². The van der Waals surface area contributed by atoms with Gasteiger partial charge in [0, 0.05) is 43.9 Å². The number of hydrogen-bond donors (Lipinski definition) is 0. The predicted octanol–water partition coefficient (Wildman–Crippen LogP) is 2.53. The van der Waals surface area contributed by atoms with Gasteiger partial charge in [-0.25, -0.2) is 0 Å².